The Morgan fingerprint density at radius 2 is 1.85 bits per heavy atom. The first-order valence-corrected chi connectivity index (χ1v) is 6.24. The quantitative estimate of drug-likeness (QED) is 0.572. The van der Waals surface area contributed by atoms with E-state index < -0.39 is 0 Å². The van der Waals surface area contributed by atoms with Crippen LogP contribution in [0.15, 0.2) is 59.7 Å². The molecule has 0 saturated carbocycles. The molecule has 0 spiro atoms. The summed E-state index contributed by atoms with van der Waals surface area (Å²) in [5.74, 6) is 0.376. The molecule has 4 aromatic rings. The van der Waals surface area contributed by atoms with Crippen molar-refractivity contribution in [3.05, 3.63) is 65.2 Å². The van der Waals surface area contributed by atoms with Crippen LogP contribution in [0, 0.1) is 0 Å². The second-order valence-electron chi connectivity index (χ2n) is 4.56. The van der Waals surface area contributed by atoms with Crippen molar-refractivity contribution < 1.29 is 0 Å². The molecular weight excluding hydrogens is 252 g/mol. The lowest BCUT2D eigenvalue weighted by molar-refractivity contribution is 0.900. The minimum Gasteiger partial charge on any atom is -0.278 e. The van der Waals surface area contributed by atoms with Crippen LogP contribution in [0.3, 0.4) is 0 Å². The van der Waals surface area contributed by atoms with Crippen molar-refractivity contribution in [2.24, 2.45) is 0 Å². The van der Waals surface area contributed by atoms with Crippen LogP contribution in [-0.4, -0.2) is 19.6 Å². The molecule has 0 atom stereocenters. The molecule has 0 aliphatic heterocycles. The molecule has 2 aromatic carbocycles. The molecule has 2 aromatic heterocycles. The number of hydrogen-bond donors (Lipinski definition) is 1. The molecule has 1 N–H and O–H groups in total. The first kappa shape index (κ1) is 10.9. The largest absolute Gasteiger partial charge is 0.278 e. The van der Waals surface area contributed by atoms with Gasteiger partial charge in [0.25, 0.3) is 11.3 Å². The Hall–Kier alpha value is -2.95. The average Bonchev–Trinajstić information content (AvgIpc) is 2.96. The molecule has 0 bridgehead atoms. The van der Waals surface area contributed by atoms with Gasteiger partial charge in [0, 0.05) is 11.6 Å². The van der Waals surface area contributed by atoms with Crippen LogP contribution in [0.25, 0.3) is 27.8 Å². The number of rotatable bonds is 1. The Morgan fingerprint density at radius 1 is 1.00 bits per heavy atom. The van der Waals surface area contributed by atoms with Crippen LogP contribution in [-0.2, 0) is 0 Å². The molecular formula is C15H10N4O. The Kier molecular flexibility index (Phi) is 2.20. The van der Waals surface area contributed by atoms with Crippen molar-refractivity contribution >= 4 is 16.6 Å². The summed E-state index contributed by atoms with van der Waals surface area (Å²) in [6.45, 7) is 0. The van der Waals surface area contributed by atoms with E-state index in [4.69, 9.17) is 0 Å². The summed E-state index contributed by atoms with van der Waals surface area (Å²) in [5, 5.41) is 5.01. The molecule has 0 amide bonds. The van der Waals surface area contributed by atoms with Gasteiger partial charge in [-0.1, -0.05) is 36.4 Å². The summed E-state index contributed by atoms with van der Waals surface area (Å²) in [4.78, 5) is 20.4. The van der Waals surface area contributed by atoms with Crippen molar-refractivity contribution in [1.29, 1.82) is 0 Å². The molecule has 5 heteroatoms. The van der Waals surface area contributed by atoms with Gasteiger partial charge in [0.05, 0.1) is 5.69 Å². The maximum Gasteiger partial charge on any atom is 0.274 e. The van der Waals surface area contributed by atoms with Crippen LogP contribution < -0.4 is 5.56 Å². The standard InChI is InChI=1S/C15H10N4O/c20-14-8-13(18-15-16-9-17-19(14)15)12-6-5-10-3-1-2-4-11(10)7-12/h1-9H,(H,16,17,18). The number of hydrogen-bond acceptors (Lipinski definition) is 3. The van der Waals surface area contributed by atoms with Crippen LogP contribution >= 0.6 is 0 Å². The number of aromatic amines is 1. The molecule has 0 radical (unpaired) electrons. The number of nitrogens with one attached hydrogen (secondary N) is 1. The van der Waals surface area contributed by atoms with Gasteiger partial charge in [-0.05, 0) is 16.8 Å². The third-order valence-electron chi connectivity index (χ3n) is 3.31. The van der Waals surface area contributed by atoms with E-state index in [1.54, 1.807) is 0 Å². The monoisotopic (exact) mass is 262 g/mol. The third-order valence-corrected chi connectivity index (χ3v) is 3.31. The third kappa shape index (κ3) is 1.60. The normalized spacial score (nSPS) is 11.2. The van der Waals surface area contributed by atoms with Gasteiger partial charge in [-0.25, -0.2) is 9.97 Å². The van der Waals surface area contributed by atoms with E-state index in [-0.39, 0.29) is 5.56 Å². The van der Waals surface area contributed by atoms with E-state index >= 15 is 0 Å². The Labute approximate surface area is 113 Å². The molecule has 0 aliphatic carbocycles. The van der Waals surface area contributed by atoms with Crippen molar-refractivity contribution in [2.45, 2.75) is 0 Å². The van der Waals surface area contributed by atoms with Crippen LogP contribution in [0.5, 0.6) is 0 Å². The fourth-order valence-electron chi connectivity index (χ4n) is 2.32. The van der Waals surface area contributed by atoms with Crippen molar-refractivity contribution in [3.8, 4) is 11.3 Å². The van der Waals surface area contributed by atoms with E-state index in [0.717, 1.165) is 16.3 Å². The number of fused-ring (bicyclic) bond motifs is 2. The predicted molar refractivity (Wildman–Crippen MR) is 76.5 cm³/mol. The van der Waals surface area contributed by atoms with Crippen LogP contribution in [0.4, 0.5) is 0 Å². The number of H-pyrrole nitrogens is 1. The van der Waals surface area contributed by atoms with Gasteiger partial charge >= 0.3 is 0 Å². The second kappa shape index (κ2) is 4.03. The summed E-state index contributed by atoms with van der Waals surface area (Å²) in [6, 6.07) is 15.6. The highest BCUT2D eigenvalue weighted by atomic mass is 16.1. The van der Waals surface area contributed by atoms with Gasteiger partial charge in [0.1, 0.15) is 6.33 Å². The fraction of sp³-hybridized carbons (Fsp3) is 0. The highest BCUT2D eigenvalue weighted by Gasteiger charge is 2.06. The summed E-state index contributed by atoms with van der Waals surface area (Å²) in [6.07, 6.45) is 1.45. The summed E-state index contributed by atoms with van der Waals surface area (Å²) in [5.41, 5.74) is 1.37. The first-order valence-electron chi connectivity index (χ1n) is 6.24. The second-order valence-corrected chi connectivity index (χ2v) is 4.56. The number of benzene rings is 2. The van der Waals surface area contributed by atoms with E-state index in [2.05, 4.69) is 21.1 Å². The van der Waals surface area contributed by atoms with E-state index in [0.29, 0.717) is 11.5 Å². The van der Waals surface area contributed by atoms with Gasteiger partial charge in [0.15, 0.2) is 0 Å². The maximum absolute atomic E-state index is 11.9. The maximum atomic E-state index is 11.9. The average molecular weight is 262 g/mol. The number of nitrogens with zero attached hydrogens (tertiary/aromatic N) is 3. The molecule has 0 fully saturated rings. The highest BCUT2D eigenvalue weighted by Crippen LogP contribution is 2.22. The topological polar surface area (TPSA) is 63.0 Å². The Balaban J connectivity index is 1.98. The zero-order valence-electron chi connectivity index (χ0n) is 10.4. The van der Waals surface area contributed by atoms with Gasteiger partial charge in [-0.3, -0.25) is 9.89 Å². The minimum atomic E-state index is -0.171. The zero-order valence-corrected chi connectivity index (χ0v) is 10.4. The molecule has 0 unspecified atom stereocenters. The Morgan fingerprint density at radius 3 is 2.75 bits per heavy atom. The number of aromatic nitrogens is 4. The van der Waals surface area contributed by atoms with Gasteiger partial charge < -0.3 is 0 Å². The molecule has 5 nitrogen and oxygen atoms in total. The SMILES string of the molecule is O=c1cc(-c2ccc3ccccc3c2)nc2nc[nH]n12. The molecule has 96 valence electrons. The fourth-order valence-corrected chi connectivity index (χ4v) is 2.32. The predicted octanol–water partition coefficient (Wildman–Crippen LogP) is 2.24. The molecule has 20 heavy (non-hydrogen) atoms. The summed E-state index contributed by atoms with van der Waals surface area (Å²) >= 11 is 0. The molecule has 0 saturated heterocycles. The minimum absolute atomic E-state index is 0.171. The van der Waals surface area contributed by atoms with E-state index in [1.807, 2.05) is 36.4 Å². The Bertz CT molecular complexity index is 984. The van der Waals surface area contributed by atoms with Crippen LogP contribution in [0.1, 0.15) is 0 Å². The van der Waals surface area contributed by atoms with Crippen molar-refractivity contribution in [3.63, 3.8) is 0 Å². The summed E-state index contributed by atoms with van der Waals surface area (Å²) in [7, 11) is 0. The molecule has 4 rings (SSSR count). The van der Waals surface area contributed by atoms with Crippen molar-refractivity contribution in [1.82, 2.24) is 19.6 Å². The zero-order chi connectivity index (χ0) is 13.5. The first-order chi connectivity index (χ1) is 9.81. The smallest absolute Gasteiger partial charge is 0.274 e. The lowest BCUT2D eigenvalue weighted by atomic mass is 10.1. The highest BCUT2D eigenvalue weighted by molar-refractivity contribution is 5.86. The van der Waals surface area contributed by atoms with Crippen molar-refractivity contribution in [2.75, 3.05) is 0 Å². The summed E-state index contributed by atoms with van der Waals surface area (Å²) < 4.78 is 1.31. The molecule has 2 heterocycles. The van der Waals surface area contributed by atoms with E-state index in [1.165, 1.54) is 16.9 Å². The van der Waals surface area contributed by atoms with Gasteiger partial charge in [0.2, 0.25) is 0 Å². The van der Waals surface area contributed by atoms with Crippen LogP contribution in [0.2, 0.25) is 0 Å². The van der Waals surface area contributed by atoms with E-state index in [9.17, 15) is 4.79 Å². The lowest BCUT2D eigenvalue weighted by Gasteiger charge is -2.03. The van der Waals surface area contributed by atoms with Gasteiger partial charge in [-0.2, -0.15) is 4.52 Å². The van der Waals surface area contributed by atoms with Gasteiger partial charge in [-0.15, -0.1) is 0 Å². The molecule has 0 aliphatic rings. The lowest BCUT2D eigenvalue weighted by Crippen LogP contribution is -2.14.